The summed E-state index contributed by atoms with van der Waals surface area (Å²) in [5, 5.41) is 4.01. The number of ether oxygens (including phenoxy) is 1. The summed E-state index contributed by atoms with van der Waals surface area (Å²) in [5.41, 5.74) is 4.10. The van der Waals surface area contributed by atoms with E-state index in [4.69, 9.17) is 4.74 Å². The van der Waals surface area contributed by atoms with Gasteiger partial charge in [0.05, 0.1) is 24.5 Å². The zero-order valence-corrected chi connectivity index (χ0v) is 19.9. The Hall–Kier alpha value is -3.59. The van der Waals surface area contributed by atoms with E-state index in [2.05, 4.69) is 25.3 Å². The Labute approximate surface area is 201 Å². The number of benzene rings is 1. The first kappa shape index (κ1) is 23.6. The lowest BCUT2D eigenvalue weighted by Crippen LogP contribution is -2.20. The number of methoxy groups -OCH3 is 1. The van der Waals surface area contributed by atoms with E-state index in [0.717, 1.165) is 34.5 Å². The minimum absolute atomic E-state index is 0.0905. The Morgan fingerprint density at radius 3 is 2.74 bits per heavy atom. The highest BCUT2D eigenvalue weighted by molar-refractivity contribution is 7.99. The third-order valence-electron chi connectivity index (χ3n) is 5.49. The van der Waals surface area contributed by atoms with Gasteiger partial charge in [0.2, 0.25) is 0 Å². The predicted octanol–water partition coefficient (Wildman–Crippen LogP) is 4.71. The fraction of sp³-hybridized carbons (Fsp3) is 0.240. The molecular weight excluding hydrogens is 453 g/mol. The number of anilines is 1. The summed E-state index contributed by atoms with van der Waals surface area (Å²) in [7, 11) is 1.24. The van der Waals surface area contributed by atoms with Gasteiger partial charge in [-0.15, -0.1) is 0 Å². The molecule has 3 aromatic heterocycles. The van der Waals surface area contributed by atoms with Crippen LogP contribution in [0.25, 0.3) is 22.2 Å². The lowest BCUT2D eigenvalue weighted by Gasteiger charge is -2.17. The number of fused-ring (bicyclic) bond motifs is 1. The average molecular weight is 478 g/mol. The molecule has 0 bridgehead atoms. The third kappa shape index (κ3) is 5.14. The van der Waals surface area contributed by atoms with Crippen molar-refractivity contribution in [3.8, 4) is 11.3 Å². The summed E-state index contributed by atoms with van der Waals surface area (Å²) < 4.78 is 19.1. The first-order valence-corrected chi connectivity index (χ1v) is 11.9. The molecule has 0 saturated heterocycles. The molecule has 0 fully saturated rings. The van der Waals surface area contributed by atoms with Gasteiger partial charge in [-0.25, -0.2) is 19.2 Å². The van der Waals surface area contributed by atoms with Crippen molar-refractivity contribution < 1.29 is 13.9 Å². The highest BCUT2D eigenvalue weighted by atomic mass is 32.2. The monoisotopic (exact) mass is 477 g/mol. The summed E-state index contributed by atoms with van der Waals surface area (Å²) in [4.78, 5) is 29.4. The van der Waals surface area contributed by atoms with Crippen molar-refractivity contribution in [2.75, 3.05) is 25.2 Å². The summed E-state index contributed by atoms with van der Waals surface area (Å²) >= 11 is 1.70. The van der Waals surface area contributed by atoms with Crippen molar-refractivity contribution in [2.24, 2.45) is 0 Å². The Morgan fingerprint density at radius 2 is 2.00 bits per heavy atom. The third-order valence-corrected chi connectivity index (χ3v) is 6.49. The van der Waals surface area contributed by atoms with Crippen LogP contribution in [0.1, 0.15) is 21.6 Å². The zero-order valence-electron chi connectivity index (χ0n) is 19.1. The van der Waals surface area contributed by atoms with Crippen LogP contribution in [0, 0.1) is 12.7 Å². The highest BCUT2D eigenvalue weighted by Crippen LogP contribution is 2.26. The van der Waals surface area contributed by atoms with Crippen molar-refractivity contribution in [3.05, 3.63) is 77.8 Å². The van der Waals surface area contributed by atoms with Gasteiger partial charge >= 0.3 is 5.97 Å². The van der Waals surface area contributed by atoms with Gasteiger partial charge in [0.25, 0.3) is 0 Å². The number of pyridine rings is 2. The molecule has 34 heavy (non-hydrogen) atoms. The number of esters is 1. The van der Waals surface area contributed by atoms with Gasteiger partial charge in [-0.05, 0) is 37.3 Å². The van der Waals surface area contributed by atoms with E-state index < -0.39 is 11.8 Å². The molecule has 0 amide bonds. The van der Waals surface area contributed by atoms with Gasteiger partial charge in [-0.2, -0.15) is 11.8 Å². The molecule has 7 nitrogen and oxygen atoms in total. The smallest absolute Gasteiger partial charge is 0.341 e. The van der Waals surface area contributed by atoms with Crippen LogP contribution in [0.2, 0.25) is 0 Å². The first-order chi connectivity index (χ1) is 16.5. The number of nitrogens with one attached hydrogen (secondary N) is 1. The maximum atomic E-state index is 14.3. The van der Waals surface area contributed by atoms with Gasteiger partial charge < -0.3 is 10.1 Å². The molecule has 0 spiro atoms. The second-order valence-corrected chi connectivity index (χ2v) is 8.84. The second kappa shape index (κ2) is 10.6. The normalized spacial score (nSPS) is 11.9. The van der Waals surface area contributed by atoms with Crippen molar-refractivity contribution in [2.45, 2.75) is 18.6 Å². The number of hydrogen-bond donors (Lipinski definition) is 1. The van der Waals surface area contributed by atoms with E-state index >= 15 is 0 Å². The molecule has 1 aromatic carbocycles. The van der Waals surface area contributed by atoms with Gasteiger partial charge in [-0.1, -0.05) is 18.2 Å². The van der Waals surface area contributed by atoms with Crippen LogP contribution in [0.5, 0.6) is 0 Å². The zero-order chi connectivity index (χ0) is 24.1. The maximum Gasteiger partial charge on any atom is 0.341 e. The molecule has 4 rings (SSSR count). The molecule has 1 N–H and O–H groups in total. The number of halogens is 1. The predicted molar refractivity (Wildman–Crippen MR) is 133 cm³/mol. The first-order valence-electron chi connectivity index (χ1n) is 10.7. The number of carbonyl (C=O) groups is 1. The van der Waals surface area contributed by atoms with Gasteiger partial charge in [0.15, 0.2) is 5.82 Å². The van der Waals surface area contributed by atoms with E-state index in [1.54, 1.807) is 24.0 Å². The van der Waals surface area contributed by atoms with E-state index in [1.807, 2.05) is 43.5 Å². The Bertz CT molecular complexity index is 1320. The lowest BCUT2D eigenvalue weighted by atomic mass is 10.0. The van der Waals surface area contributed by atoms with Crippen LogP contribution < -0.4 is 5.32 Å². The lowest BCUT2D eigenvalue weighted by molar-refractivity contribution is 0.0598. The number of rotatable bonds is 8. The molecule has 0 radical (unpaired) electrons. The van der Waals surface area contributed by atoms with Crippen molar-refractivity contribution in [1.82, 2.24) is 19.9 Å². The number of thioether (sulfide) groups is 1. The average Bonchev–Trinajstić information content (AvgIpc) is 2.86. The summed E-state index contributed by atoms with van der Waals surface area (Å²) in [6.45, 7) is 2.59. The molecule has 0 saturated carbocycles. The molecule has 0 aliphatic rings. The van der Waals surface area contributed by atoms with Crippen LogP contribution >= 0.6 is 11.8 Å². The number of aryl methyl sites for hydroxylation is 1. The molecule has 4 aromatic rings. The van der Waals surface area contributed by atoms with Crippen molar-refractivity contribution >= 4 is 34.5 Å². The SMILES string of the molecule is COC(=O)c1c(F)cnc2c(CC(CNc3cc(-c4ccc(C)nc4)ncn3)SC)cccc12. The highest BCUT2D eigenvalue weighted by Gasteiger charge is 2.20. The second-order valence-electron chi connectivity index (χ2n) is 7.71. The minimum Gasteiger partial charge on any atom is -0.465 e. The standard InChI is InChI=1S/C25H24FN5O2S/c1-15-7-8-17(11-27-15)21-10-22(31-14-30-21)28-12-18(34-3)9-16-5-4-6-19-23(25(32)33-2)20(26)13-29-24(16)19/h4-8,10-11,13-14,18H,9,12H2,1-3H3,(H,28,30,31). The fourth-order valence-electron chi connectivity index (χ4n) is 3.67. The summed E-state index contributed by atoms with van der Waals surface area (Å²) in [5.74, 6) is -0.688. The van der Waals surface area contributed by atoms with Crippen LogP contribution in [-0.2, 0) is 11.2 Å². The number of para-hydroxylation sites is 1. The molecule has 3 heterocycles. The molecule has 0 aliphatic carbocycles. The quantitative estimate of drug-likeness (QED) is 0.365. The van der Waals surface area contributed by atoms with Crippen molar-refractivity contribution in [3.63, 3.8) is 0 Å². The van der Waals surface area contributed by atoms with E-state index in [1.165, 1.54) is 13.4 Å². The number of aromatic nitrogens is 4. The van der Waals surface area contributed by atoms with Crippen LogP contribution in [-0.4, -0.2) is 51.1 Å². The number of hydrogen-bond acceptors (Lipinski definition) is 8. The maximum absolute atomic E-state index is 14.3. The summed E-state index contributed by atoms with van der Waals surface area (Å²) in [6.07, 6.45) is 7.11. The van der Waals surface area contributed by atoms with Gasteiger partial charge in [0, 0.05) is 40.7 Å². The molecular formula is C25H24FN5O2S. The van der Waals surface area contributed by atoms with E-state index in [0.29, 0.717) is 23.9 Å². The Balaban J connectivity index is 1.52. The molecule has 1 unspecified atom stereocenters. The minimum atomic E-state index is -0.714. The molecule has 174 valence electrons. The topological polar surface area (TPSA) is 89.9 Å². The molecule has 1 atom stereocenters. The number of carbonyl (C=O) groups excluding carboxylic acids is 1. The fourth-order valence-corrected chi connectivity index (χ4v) is 4.26. The molecule has 9 heteroatoms. The van der Waals surface area contributed by atoms with Crippen LogP contribution in [0.15, 0.2) is 55.1 Å². The van der Waals surface area contributed by atoms with E-state index in [-0.39, 0.29) is 10.8 Å². The Morgan fingerprint density at radius 1 is 1.15 bits per heavy atom. The van der Waals surface area contributed by atoms with Gasteiger partial charge in [-0.3, -0.25) is 9.97 Å². The van der Waals surface area contributed by atoms with Crippen LogP contribution in [0.3, 0.4) is 0 Å². The summed E-state index contributed by atoms with van der Waals surface area (Å²) in [6, 6.07) is 11.3. The Kier molecular flexibility index (Phi) is 7.32. The largest absolute Gasteiger partial charge is 0.465 e. The van der Waals surface area contributed by atoms with Crippen LogP contribution in [0.4, 0.5) is 10.2 Å². The molecule has 0 aliphatic heterocycles. The number of nitrogens with zero attached hydrogens (tertiary/aromatic N) is 4. The van der Waals surface area contributed by atoms with Gasteiger partial charge in [0.1, 0.15) is 17.7 Å². The van der Waals surface area contributed by atoms with Crippen molar-refractivity contribution in [1.29, 1.82) is 0 Å². The van der Waals surface area contributed by atoms with E-state index in [9.17, 15) is 9.18 Å².